The lowest BCUT2D eigenvalue weighted by Gasteiger charge is -2.28. The Balaban J connectivity index is 0.000000396. The number of piperazine rings is 1. The van der Waals surface area contributed by atoms with Crippen LogP contribution in [0.15, 0.2) is 30.3 Å². The summed E-state index contributed by atoms with van der Waals surface area (Å²) in [6.45, 7) is 8.67. The summed E-state index contributed by atoms with van der Waals surface area (Å²) in [5, 5.41) is 10.3. The number of rotatable bonds is 3. The Hall–Kier alpha value is -2.75. The first-order valence-corrected chi connectivity index (χ1v) is 9.29. The lowest BCUT2D eigenvalue weighted by atomic mass is 10.0. The lowest BCUT2D eigenvalue weighted by molar-refractivity contribution is -0.141. The molecule has 0 spiro atoms. The highest BCUT2D eigenvalue weighted by molar-refractivity contribution is 5.69. The third-order valence-electron chi connectivity index (χ3n) is 4.05. The van der Waals surface area contributed by atoms with Crippen molar-refractivity contribution < 1.29 is 27.1 Å². The zero-order chi connectivity index (χ0) is 22.4. The van der Waals surface area contributed by atoms with Gasteiger partial charge in [-0.2, -0.15) is 13.2 Å². The van der Waals surface area contributed by atoms with Crippen LogP contribution in [-0.4, -0.2) is 48.4 Å². The van der Waals surface area contributed by atoms with Crippen LogP contribution in [0.2, 0.25) is 0 Å². The predicted octanol–water partition coefficient (Wildman–Crippen LogP) is 3.67. The van der Waals surface area contributed by atoms with E-state index in [4.69, 9.17) is 0 Å². The number of hydrogen-bond donors (Lipinski definition) is 1. The monoisotopic (exact) mass is 428 g/mol. The Morgan fingerprint density at radius 2 is 1.67 bits per heavy atom. The molecule has 164 valence electrons. The molecule has 2 heterocycles. The molecule has 2 aromatic rings. The molecule has 1 aromatic carbocycles. The van der Waals surface area contributed by atoms with E-state index < -0.39 is 17.7 Å². The molecule has 1 aromatic heterocycles. The fourth-order valence-electron chi connectivity index (χ4n) is 2.63. The van der Waals surface area contributed by atoms with Gasteiger partial charge in [0.2, 0.25) is 0 Å². The first kappa shape index (κ1) is 23.5. The number of alkyl halides is 3. The van der Waals surface area contributed by atoms with Gasteiger partial charge in [-0.1, -0.05) is 12.1 Å². The van der Waals surface area contributed by atoms with Crippen molar-refractivity contribution in [1.29, 1.82) is 0 Å². The maximum absolute atomic E-state index is 13.2. The van der Waals surface area contributed by atoms with Gasteiger partial charge in [0, 0.05) is 31.7 Å². The van der Waals surface area contributed by atoms with E-state index in [1.165, 1.54) is 18.2 Å². The van der Waals surface area contributed by atoms with Gasteiger partial charge in [0.05, 0.1) is 0 Å². The maximum Gasteiger partial charge on any atom is 0.435 e. The first-order valence-electron chi connectivity index (χ1n) is 9.29. The first-order chi connectivity index (χ1) is 14.0. The normalized spacial score (nSPS) is 14.6. The molecule has 3 rings (SSSR count). The van der Waals surface area contributed by atoms with Crippen molar-refractivity contribution in [2.45, 2.75) is 32.5 Å². The average molecular weight is 428 g/mol. The average Bonchev–Trinajstić information content (AvgIpc) is 2.68. The standard InChI is InChI=1S/C15H14F4N4.C5H10O2/c16-11-3-1-10(2-4-11)12-9-13(23-7-5-20-6-8-23)21-22-14(12)15(17,18)19;1-5(2,3)7-4-6/h1-4,9,20H,5-8H2;4H,1-3H3. The van der Waals surface area contributed by atoms with E-state index in [0.717, 1.165) is 25.2 Å². The summed E-state index contributed by atoms with van der Waals surface area (Å²) in [5.74, 6) is -0.120. The number of nitrogens with zero attached hydrogens (tertiary/aromatic N) is 3. The summed E-state index contributed by atoms with van der Waals surface area (Å²) in [4.78, 5) is 11.5. The second-order valence-corrected chi connectivity index (χ2v) is 7.53. The van der Waals surface area contributed by atoms with Crippen molar-refractivity contribution in [2.24, 2.45) is 0 Å². The van der Waals surface area contributed by atoms with Crippen LogP contribution < -0.4 is 10.2 Å². The third-order valence-corrected chi connectivity index (χ3v) is 4.05. The van der Waals surface area contributed by atoms with Gasteiger partial charge in [-0.3, -0.25) is 4.79 Å². The lowest BCUT2D eigenvalue weighted by Crippen LogP contribution is -2.44. The fraction of sp³-hybridized carbons (Fsp3) is 0.450. The summed E-state index contributed by atoms with van der Waals surface area (Å²) in [7, 11) is 0. The van der Waals surface area contributed by atoms with E-state index in [2.05, 4.69) is 20.3 Å². The van der Waals surface area contributed by atoms with Crippen LogP contribution in [-0.2, 0) is 15.7 Å². The van der Waals surface area contributed by atoms with Gasteiger partial charge >= 0.3 is 6.18 Å². The molecule has 0 unspecified atom stereocenters. The number of aromatic nitrogens is 2. The zero-order valence-corrected chi connectivity index (χ0v) is 17.0. The molecular weight excluding hydrogens is 404 g/mol. The Bertz CT molecular complexity index is 830. The molecule has 30 heavy (non-hydrogen) atoms. The topological polar surface area (TPSA) is 67.3 Å². The summed E-state index contributed by atoms with van der Waals surface area (Å²) in [6, 6.07) is 6.24. The second kappa shape index (κ2) is 9.84. The summed E-state index contributed by atoms with van der Waals surface area (Å²) >= 11 is 0. The quantitative estimate of drug-likeness (QED) is 0.595. The van der Waals surface area contributed by atoms with Crippen molar-refractivity contribution in [1.82, 2.24) is 15.5 Å². The van der Waals surface area contributed by atoms with E-state index in [0.29, 0.717) is 25.4 Å². The second-order valence-electron chi connectivity index (χ2n) is 7.53. The Kier molecular flexibility index (Phi) is 7.71. The van der Waals surface area contributed by atoms with Crippen molar-refractivity contribution in [3.05, 3.63) is 41.8 Å². The molecule has 0 saturated carbocycles. The van der Waals surface area contributed by atoms with Crippen LogP contribution in [0.25, 0.3) is 11.1 Å². The number of hydrogen-bond acceptors (Lipinski definition) is 6. The van der Waals surface area contributed by atoms with E-state index in [1.807, 2.05) is 25.7 Å². The number of carbonyl (C=O) groups excluding carboxylic acids is 1. The number of anilines is 1. The highest BCUT2D eigenvalue weighted by Gasteiger charge is 2.37. The van der Waals surface area contributed by atoms with E-state index in [9.17, 15) is 22.4 Å². The van der Waals surface area contributed by atoms with Crippen LogP contribution in [0.3, 0.4) is 0 Å². The minimum Gasteiger partial charge on any atom is -0.462 e. The van der Waals surface area contributed by atoms with Gasteiger partial charge in [-0.25, -0.2) is 4.39 Å². The zero-order valence-electron chi connectivity index (χ0n) is 17.0. The molecule has 1 aliphatic heterocycles. The van der Waals surface area contributed by atoms with Gasteiger partial charge in [0.1, 0.15) is 11.4 Å². The smallest absolute Gasteiger partial charge is 0.435 e. The van der Waals surface area contributed by atoms with Crippen LogP contribution in [0.1, 0.15) is 26.5 Å². The number of halogens is 4. The molecule has 0 amide bonds. The number of benzene rings is 1. The molecule has 0 aliphatic carbocycles. The molecule has 0 atom stereocenters. The molecule has 10 heteroatoms. The van der Waals surface area contributed by atoms with Crippen molar-refractivity contribution in [2.75, 3.05) is 31.1 Å². The molecule has 0 radical (unpaired) electrons. The SMILES string of the molecule is CC(C)(C)OC=O.Fc1ccc(-c2cc(N3CCNCC3)nnc2C(F)(F)F)cc1. The fourth-order valence-corrected chi connectivity index (χ4v) is 2.63. The number of nitrogens with one attached hydrogen (secondary N) is 1. The summed E-state index contributed by atoms with van der Waals surface area (Å²) in [5.41, 5.74) is -1.23. The van der Waals surface area contributed by atoms with Crippen molar-refractivity contribution >= 4 is 12.3 Å². The Labute approximate surface area is 172 Å². The predicted molar refractivity (Wildman–Crippen MR) is 104 cm³/mol. The van der Waals surface area contributed by atoms with Gasteiger partial charge in [-0.15, -0.1) is 10.2 Å². The van der Waals surface area contributed by atoms with Crippen LogP contribution in [0, 0.1) is 5.82 Å². The number of carbonyl (C=O) groups is 1. The molecule has 1 N–H and O–H groups in total. The molecule has 1 aliphatic rings. The summed E-state index contributed by atoms with van der Waals surface area (Å²) < 4.78 is 57.2. The van der Waals surface area contributed by atoms with Gasteiger partial charge in [-0.05, 0) is 44.5 Å². The maximum atomic E-state index is 13.2. The molecular formula is C20H24F4N4O2. The minimum absolute atomic E-state index is 0.0963. The highest BCUT2D eigenvalue weighted by Crippen LogP contribution is 2.36. The highest BCUT2D eigenvalue weighted by atomic mass is 19.4. The van der Waals surface area contributed by atoms with Crippen molar-refractivity contribution in [3.63, 3.8) is 0 Å². The van der Waals surface area contributed by atoms with E-state index in [-0.39, 0.29) is 16.7 Å². The molecule has 6 nitrogen and oxygen atoms in total. The van der Waals surface area contributed by atoms with Crippen LogP contribution in [0.4, 0.5) is 23.4 Å². The molecule has 0 bridgehead atoms. The largest absolute Gasteiger partial charge is 0.462 e. The number of ether oxygens (including phenoxy) is 1. The van der Waals surface area contributed by atoms with E-state index >= 15 is 0 Å². The Morgan fingerprint density at radius 1 is 1.07 bits per heavy atom. The van der Waals surface area contributed by atoms with Gasteiger partial charge in [0.15, 0.2) is 11.5 Å². The molecule has 1 saturated heterocycles. The summed E-state index contributed by atoms with van der Waals surface area (Å²) in [6.07, 6.45) is -4.63. The Morgan fingerprint density at radius 3 is 2.13 bits per heavy atom. The van der Waals surface area contributed by atoms with Gasteiger partial charge in [0.25, 0.3) is 6.47 Å². The van der Waals surface area contributed by atoms with Crippen molar-refractivity contribution in [3.8, 4) is 11.1 Å². The van der Waals surface area contributed by atoms with E-state index in [1.54, 1.807) is 0 Å². The minimum atomic E-state index is -4.63. The van der Waals surface area contributed by atoms with Crippen LogP contribution >= 0.6 is 0 Å². The van der Waals surface area contributed by atoms with Gasteiger partial charge < -0.3 is 15.0 Å². The third kappa shape index (κ3) is 6.94. The van der Waals surface area contributed by atoms with Crippen LogP contribution in [0.5, 0.6) is 0 Å². The molecule has 1 fully saturated rings.